The van der Waals surface area contributed by atoms with E-state index in [2.05, 4.69) is 0 Å². The minimum atomic E-state index is -1.03. The smallest absolute Gasteiger partial charge is 0.328 e. The summed E-state index contributed by atoms with van der Waals surface area (Å²) in [6.07, 6.45) is 2.28. The lowest BCUT2D eigenvalue weighted by Crippen LogP contribution is -2.52. The van der Waals surface area contributed by atoms with Crippen molar-refractivity contribution in [2.75, 3.05) is 19.8 Å². The van der Waals surface area contributed by atoms with E-state index in [9.17, 15) is 9.59 Å². The largest absolute Gasteiger partial charge is 0.480 e. The van der Waals surface area contributed by atoms with Gasteiger partial charge in [0.25, 0.3) is 0 Å². The lowest BCUT2D eigenvalue weighted by molar-refractivity contribution is -0.158. The van der Waals surface area contributed by atoms with Crippen LogP contribution in [0.3, 0.4) is 0 Å². The predicted molar refractivity (Wildman–Crippen MR) is 61.0 cm³/mol. The van der Waals surface area contributed by atoms with E-state index < -0.39 is 12.0 Å². The highest BCUT2D eigenvalue weighted by Gasteiger charge is 2.32. The maximum absolute atomic E-state index is 12.0. The number of morpholine rings is 1. The number of nitrogens with zero attached hydrogens (tertiary/aromatic N) is 1. The number of aryl methyl sites for hydroxylation is 1. The predicted octanol–water partition coefficient (Wildman–Crippen LogP) is 0.524. The van der Waals surface area contributed by atoms with Crippen LogP contribution in [0.4, 0.5) is 0 Å². The molecule has 2 rings (SSSR count). The third-order valence-electron chi connectivity index (χ3n) is 2.90. The van der Waals surface area contributed by atoms with Gasteiger partial charge in [-0.2, -0.15) is 0 Å². The summed E-state index contributed by atoms with van der Waals surface area (Å²) in [7, 11) is 0. The van der Waals surface area contributed by atoms with Crippen LogP contribution in [0.25, 0.3) is 0 Å². The van der Waals surface area contributed by atoms with Crippen molar-refractivity contribution in [3.63, 3.8) is 0 Å². The second-order valence-corrected chi connectivity index (χ2v) is 4.10. The molecule has 1 N–H and O–H groups in total. The summed E-state index contributed by atoms with van der Waals surface area (Å²) >= 11 is 0. The molecule has 0 spiro atoms. The van der Waals surface area contributed by atoms with Gasteiger partial charge < -0.3 is 19.2 Å². The van der Waals surface area contributed by atoms with Crippen molar-refractivity contribution < 1.29 is 23.8 Å². The molecule has 18 heavy (non-hydrogen) atoms. The molecule has 2 heterocycles. The van der Waals surface area contributed by atoms with Crippen molar-refractivity contribution in [2.45, 2.75) is 18.9 Å². The number of amides is 1. The van der Waals surface area contributed by atoms with Crippen molar-refractivity contribution in [3.05, 3.63) is 24.2 Å². The molecule has 6 heteroatoms. The molecule has 0 bridgehead atoms. The zero-order valence-corrected chi connectivity index (χ0v) is 9.87. The van der Waals surface area contributed by atoms with Crippen LogP contribution < -0.4 is 0 Å². The first-order valence-electron chi connectivity index (χ1n) is 5.81. The van der Waals surface area contributed by atoms with Crippen LogP contribution in [0.1, 0.15) is 12.2 Å². The van der Waals surface area contributed by atoms with Gasteiger partial charge in [0, 0.05) is 19.4 Å². The first kappa shape index (κ1) is 12.6. The normalized spacial score (nSPS) is 19.8. The number of aliphatic carboxylic acids is 1. The van der Waals surface area contributed by atoms with Gasteiger partial charge in [-0.05, 0) is 12.1 Å². The maximum atomic E-state index is 12.0. The van der Waals surface area contributed by atoms with Gasteiger partial charge in [-0.1, -0.05) is 0 Å². The fraction of sp³-hybridized carbons (Fsp3) is 0.500. The topological polar surface area (TPSA) is 80.0 Å². The van der Waals surface area contributed by atoms with Crippen molar-refractivity contribution in [2.24, 2.45) is 0 Å². The molecule has 1 aromatic heterocycles. The van der Waals surface area contributed by atoms with Crippen molar-refractivity contribution in [1.82, 2.24) is 4.90 Å². The molecule has 1 amide bonds. The van der Waals surface area contributed by atoms with E-state index >= 15 is 0 Å². The van der Waals surface area contributed by atoms with E-state index in [1.54, 1.807) is 18.4 Å². The minimum Gasteiger partial charge on any atom is -0.480 e. The Bertz CT molecular complexity index is 414. The highest BCUT2D eigenvalue weighted by Crippen LogP contribution is 2.11. The van der Waals surface area contributed by atoms with E-state index in [1.807, 2.05) is 0 Å². The molecular formula is C12H15NO5. The molecule has 1 aliphatic rings. The van der Waals surface area contributed by atoms with Crippen LogP contribution in [-0.2, 0) is 20.7 Å². The summed E-state index contributed by atoms with van der Waals surface area (Å²) in [5.41, 5.74) is 0. The fourth-order valence-corrected chi connectivity index (χ4v) is 1.94. The van der Waals surface area contributed by atoms with Crippen molar-refractivity contribution >= 4 is 11.9 Å². The molecule has 0 radical (unpaired) electrons. The van der Waals surface area contributed by atoms with Crippen LogP contribution in [-0.4, -0.2) is 47.7 Å². The second-order valence-electron chi connectivity index (χ2n) is 4.10. The average Bonchev–Trinajstić information content (AvgIpc) is 2.89. The Labute approximate surface area is 104 Å². The summed E-state index contributed by atoms with van der Waals surface area (Å²) < 4.78 is 10.2. The van der Waals surface area contributed by atoms with Crippen LogP contribution in [0.15, 0.2) is 22.8 Å². The van der Waals surface area contributed by atoms with Gasteiger partial charge >= 0.3 is 5.97 Å². The summed E-state index contributed by atoms with van der Waals surface area (Å²) in [6.45, 7) is 0.770. The van der Waals surface area contributed by atoms with Crippen molar-refractivity contribution in [3.8, 4) is 0 Å². The number of rotatable bonds is 4. The molecule has 1 saturated heterocycles. The molecular weight excluding hydrogens is 238 g/mol. The van der Waals surface area contributed by atoms with Crippen LogP contribution >= 0.6 is 0 Å². The number of hydrogen-bond acceptors (Lipinski definition) is 4. The maximum Gasteiger partial charge on any atom is 0.328 e. The number of carboxylic acid groups (broad SMARTS) is 1. The average molecular weight is 253 g/mol. The molecule has 0 aromatic carbocycles. The van der Waals surface area contributed by atoms with Gasteiger partial charge in [0.15, 0.2) is 6.04 Å². The summed E-state index contributed by atoms with van der Waals surface area (Å²) in [4.78, 5) is 24.4. The van der Waals surface area contributed by atoms with Crippen LogP contribution in [0, 0.1) is 0 Å². The van der Waals surface area contributed by atoms with E-state index in [4.69, 9.17) is 14.3 Å². The first-order chi connectivity index (χ1) is 8.68. The molecule has 98 valence electrons. The molecule has 1 atom stereocenters. The monoisotopic (exact) mass is 253 g/mol. The molecule has 1 fully saturated rings. The number of furan rings is 1. The Morgan fingerprint density at radius 2 is 2.33 bits per heavy atom. The Morgan fingerprint density at radius 3 is 3.00 bits per heavy atom. The second kappa shape index (κ2) is 5.68. The first-order valence-corrected chi connectivity index (χ1v) is 5.81. The van der Waals surface area contributed by atoms with Gasteiger partial charge in [-0.15, -0.1) is 0 Å². The van der Waals surface area contributed by atoms with Gasteiger partial charge in [0.2, 0.25) is 5.91 Å². The number of carboxylic acids is 1. The Morgan fingerprint density at radius 1 is 1.50 bits per heavy atom. The van der Waals surface area contributed by atoms with E-state index in [-0.39, 0.29) is 18.9 Å². The molecule has 0 unspecified atom stereocenters. The lowest BCUT2D eigenvalue weighted by atomic mass is 10.1. The summed E-state index contributed by atoms with van der Waals surface area (Å²) in [6, 6.07) is 2.68. The highest BCUT2D eigenvalue weighted by atomic mass is 16.5. The number of carbonyl (C=O) groups is 2. The Kier molecular flexibility index (Phi) is 3.99. The van der Waals surface area contributed by atoms with Crippen LogP contribution in [0.2, 0.25) is 0 Å². The van der Waals surface area contributed by atoms with E-state index in [1.165, 1.54) is 4.90 Å². The lowest BCUT2D eigenvalue weighted by Gasteiger charge is -2.32. The van der Waals surface area contributed by atoms with Gasteiger partial charge in [0.05, 0.1) is 19.5 Å². The Balaban J connectivity index is 1.92. The third kappa shape index (κ3) is 2.89. The number of ether oxygens (including phenoxy) is 1. The van der Waals surface area contributed by atoms with E-state index in [0.717, 1.165) is 5.76 Å². The number of hydrogen-bond donors (Lipinski definition) is 1. The molecule has 1 aliphatic heterocycles. The zero-order chi connectivity index (χ0) is 13.0. The molecule has 0 aliphatic carbocycles. The van der Waals surface area contributed by atoms with Crippen LogP contribution in [0.5, 0.6) is 0 Å². The third-order valence-corrected chi connectivity index (χ3v) is 2.90. The molecule has 1 aromatic rings. The van der Waals surface area contributed by atoms with Gasteiger partial charge in [0.1, 0.15) is 5.76 Å². The summed E-state index contributed by atoms with van der Waals surface area (Å²) in [5.74, 6) is -0.480. The number of carbonyl (C=O) groups excluding carboxylic acids is 1. The van der Waals surface area contributed by atoms with Crippen molar-refractivity contribution in [1.29, 1.82) is 0 Å². The van der Waals surface area contributed by atoms with Gasteiger partial charge in [-0.3, -0.25) is 4.79 Å². The van der Waals surface area contributed by atoms with E-state index in [0.29, 0.717) is 19.6 Å². The zero-order valence-electron chi connectivity index (χ0n) is 9.87. The molecule has 0 saturated carbocycles. The summed E-state index contributed by atoms with van der Waals surface area (Å²) in [5, 5.41) is 9.02. The molecule has 6 nitrogen and oxygen atoms in total. The standard InChI is InChI=1S/C12H15NO5/c14-11(4-3-9-2-1-6-18-9)13-5-7-17-8-10(13)12(15)16/h1-2,6,10H,3-5,7-8H2,(H,15,16)/t10-/m0/s1. The van der Waals surface area contributed by atoms with Gasteiger partial charge in [-0.25, -0.2) is 4.79 Å². The quantitative estimate of drug-likeness (QED) is 0.846. The minimum absolute atomic E-state index is 0.0574. The highest BCUT2D eigenvalue weighted by molar-refractivity contribution is 5.84. The fourth-order valence-electron chi connectivity index (χ4n) is 1.94. The SMILES string of the molecule is O=C(O)[C@@H]1COCCN1C(=O)CCc1ccco1. The Hall–Kier alpha value is -1.82.